The van der Waals surface area contributed by atoms with Gasteiger partial charge in [0.15, 0.2) is 0 Å². The number of rotatable bonds is 5. The highest BCUT2D eigenvalue weighted by Crippen LogP contribution is 2.25. The molecule has 0 bridgehead atoms. The van der Waals surface area contributed by atoms with Crippen LogP contribution in [0.1, 0.15) is 6.92 Å². The summed E-state index contributed by atoms with van der Waals surface area (Å²) < 4.78 is 10.4. The average Bonchev–Trinajstić information content (AvgIpc) is 2.39. The maximum Gasteiger partial charge on any atom is 0.134 e. The fourth-order valence-electron chi connectivity index (χ4n) is 1.91. The summed E-state index contributed by atoms with van der Waals surface area (Å²) >= 11 is 0. The zero-order chi connectivity index (χ0) is 13.0. The van der Waals surface area contributed by atoms with E-state index in [9.17, 15) is 0 Å². The van der Waals surface area contributed by atoms with E-state index in [0.29, 0.717) is 6.61 Å². The molecule has 1 heterocycles. The van der Waals surface area contributed by atoms with Gasteiger partial charge < -0.3 is 14.8 Å². The molecule has 4 heteroatoms. The molecule has 96 valence electrons. The quantitative estimate of drug-likeness (QED) is 0.881. The number of fused-ring (bicyclic) bond motifs is 1. The molecule has 1 aromatic carbocycles. The van der Waals surface area contributed by atoms with Crippen LogP contribution in [0, 0.1) is 0 Å². The fourth-order valence-corrected chi connectivity index (χ4v) is 1.91. The third kappa shape index (κ3) is 2.71. The molecule has 18 heavy (non-hydrogen) atoms. The topological polar surface area (TPSA) is 43.4 Å². The highest BCUT2D eigenvalue weighted by Gasteiger charge is 2.07. The molecule has 1 unspecified atom stereocenters. The van der Waals surface area contributed by atoms with Gasteiger partial charge in [0.05, 0.1) is 13.7 Å². The van der Waals surface area contributed by atoms with Crippen molar-refractivity contribution in [1.29, 1.82) is 0 Å². The van der Waals surface area contributed by atoms with Gasteiger partial charge in [-0.1, -0.05) is 6.07 Å². The number of methoxy groups -OCH3 is 2. The highest BCUT2D eigenvalue weighted by molar-refractivity contribution is 5.92. The maximum absolute atomic E-state index is 5.25. The Labute approximate surface area is 107 Å². The third-order valence-corrected chi connectivity index (χ3v) is 2.77. The van der Waals surface area contributed by atoms with Crippen molar-refractivity contribution in [1.82, 2.24) is 4.98 Å². The summed E-state index contributed by atoms with van der Waals surface area (Å²) in [6, 6.07) is 8.16. The van der Waals surface area contributed by atoms with Gasteiger partial charge in [0, 0.05) is 24.7 Å². The van der Waals surface area contributed by atoms with Gasteiger partial charge in [-0.25, -0.2) is 4.98 Å². The molecule has 0 amide bonds. The van der Waals surface area contributed by atoms with Crippen LogP contribution in [-0.4, -0.2) is 31.9 Å². The molecule has 0 radical (unpaired) electrons. The standard InChI is InChI=1S/C14H18N2O2/c1-10(9-17-2)16-14-13-8-12(18-3)5-4-11(13)6-7-15-14/h4-8,10H,9H2,1-3H3,(H,15,16). The fraction of sp³-hybridized carbons (Fsp3) is 0.357. The van der Waals surface area contributed by atoms with Crippen molar-refractivity contribution in [2.24, 2.45) is 0 Å². The average molecular weight is 246 g/mol. The van der Waals surface area contributed by atoms with Crippen LogP contribution in [0.2, 0.25) is 0 Å². The monoisotopic (exact) mass is 246 g/mol. The summed E-state index contributed by atoms with van der Waals surface area (Å²) in [7, 11) is 3.36. The lowest BCUT2D eigenvalue weighted by Crippen LogP contribution is -2.21. The van der Waals surface area contributed by atoms with Crippen LogP contribution in [0.15, 0.2) is 30.5 Å². The molecule has 1 aromatic heterocycles. The van der Waals surface area contributed by atoms with Crippen LogP contribution >= 0.6 is 0 Å². The summed E-state index contributed by atoms with van der Waals surface area (Å²) in [6.45, 7) is 2.70. The SMILES string of the molecule is COCC(C)Nc1nccc2ccc(OC)cc12. The zero-order valence-corrected chi connectivity index (χ0v) is 10.9. The van der Waals surface area contributed by atoms with Gasteiger partial charge in [0.25, 0.3) is 0 Å². The molecule has 2 aromatic rings. The number of ether oxygens (including phenoxy) is 2. The summed E-state index contributed by atoms with van der Waals surface area (Å²) in [4.78, 5) is 4.38. The minimum Gasteiger partial charge on any atom is -0.497 e. The van der Waals surface area contributed by atoms with Crippen molar-refractivity contribution < 1.29 is 9.47 Å². The van der Waals surface area contributed by atoms with E-state index in [0.717, 1.165) is 22.3 Å². The Morgan fingerprint density at radius 1 is 1.28 bits per heavy atom. The molecular formula is C14H18N2O2. The van der Waals surface area contributed by atoms with E-state index in [1.165, 1.54) is 0 Å². The predicted molar refractivity (Wildman–Crippen MR) is 73.3 cm³/mol. The summed E-state index contributed by atoms with van der Waals surface area (Å²) in [6.07, 6.45) is 1.80. The largest absolute Gasteiger partial charge is 0.497 e. The first-order chi connectivity index (χ1) is 8.74. The van der Waals surface area contributed by atoms with E-state index >= 15 is 0 Å². The summed E-state index contributed by atoms with van der Waals surface area (Å²) in [5, 5.41) is 5.54. The molecule has 0 saturated heterocycles. The molecule has 0 aliphatic carbocycles. The van der Waals surface area contributed by atoms with Crippen LogP contribution in [0.25, 0.3) is 10.8 Å². The number of nitrogens with zero attached hydrogens (tertiary/aromatic N) is 1. The lowest BCUT2D eigenvalue weighted by atomic mass is 10.1. The summed E-state index contributed by atoms with van der Waals surface area (Å²) in [5.41, 5.74) is 0. The molecule has 0 aliphatic rings. The van der Waals surface area contributed by atoms with Crippen molar-refractivity contribution in [2.75, 3.05) is 26.1 Å². The summed E-state index contributed by atoms with van der Waals surface area (Å²) in [5.74, 6) is 1.69. The Morgan fingerprint density at radius 3 is 2.83 bits per heavy atom. The minimum absolute atomic E-state index is 0.208. The Kier molecular flexibility index (Phi) is 3.99. The van der Waals surface area contributed by atoms with Gasteiger partial charge in [-0.3, -0.25) is 0 Å². The number of aromatic nitrogens is 1. The molecule has 0 aliphatic heterocycles. The second-order valence-electron chi connectivity index (χ2n) is 4.25. The minimum atomic E-state index is 0.208. The number of hydrogen-bond donors (Lipinski definition) is 1. The van der Waals surface area contributed by atoms with Crippen LogP contribution in [0.4, 0.5) is 5.82 Å². The predicted octanol–water partition coefficient (Wildman–Crippen LogP) is 2.69. The van der Waals surface area contributed by atoms with Crippen molar-refractivity contribution in [3.8, 4) is 5.75 Å². The van der Waals surface area contributed by atoms with Gasteiger partial charge >= 0.3 is 0 Å². The molecule has 2 rings (SSSR count). The molecule has 1 N–H and O–H groups in total. The van der Waals surface area contributed by atoms with Crippen molar-refractivity contribution >= 4 is 16.6 Å². The van der Waals surface area contributed by atoms with E-state index in [2.05, 4.69) is 17.2 Å². The van der Waals surface area contributed by atoms with Crippen LogP contribution in [0.3, 0.4) is 0 Å². The molecule has 1 atom stereocenters. The first kappa shape index (κ1) is 12.6. The maximum atomic E-state index is 5.25. The number of hydrogen-bond acceptors (Lipinski definition) is 4. The Morgan fingerprint density at radius 2 is 2.11 bits per heavy atom. The van der Waals surface area contributed by atoms with Gasteiger partial charge in [0.2, 0.25) is 0 Å². The van der Waals surface area contributed by atoms with Gasteiger partial charge in [-0.05, 0) is 30.5 Å². The van der Waals surface area contributed by atoms with Crippen molar-refractivity contribution in [2.45, 2.75) is 13.0 Å². The van der Waals surface area contributed by atoms with Gasteiger partial charge in [0.1, 0.15) is 11.6 Å². The highest BCUT2D eigenvalue weighted by atomic mass is 16.5. The first-order valence-corrected chi connectivity index (χ1v) is 5.93. The Balaban J connectivity index is 2.36. The van der Waals surface area contributed by atoms with Gasteiger partial charge in [-0.2, -0.15) is 0 Å². The van der Waals surface area contributed by atoms with E-state index < -0.39 is 0 Å². The van der Waals surface area contributed by atoms with E-state index in [1.54, 1.807) is 20.4 Å². The Hall–Kier alpha value is -1.81. The normalized spacial score (nSPS) is 12.4. The third-order valence-electron chi connectivity index (χ3n) is 2.77. The second kappa shape index (κ2) is 5.69. The van der Waals surface area contributed by atoms with Crippen molar-refractivity contribution in [3.05, 3.63) is 30.5 Å². The van der Waals surface area contributed by atoms with Crippen LogP contribution < -0.4 is 10.1 Å². The molecule has 0 saturated carbocycles. The van der Waals surface area contributed by atoms with E-state index in [-0.39, 0.29) is 6.04 Å². The number of anilines is 1. The zero-order valence-electron chi connectivity index (χ0n) is 10.9. The number of nitrogens with one attached hydrogen (secondary N) is 1. The molecule has 0 spiro atoms. The van der Waals surface area contributed by atoms with Crippen molar-refractivity contribution in [3.63, 3.8) is 0 Å². The van der Waals surface area contributed by atoms with Crippen LogP contribution in [-0.2, 0) is 4.74 Å². The van der Waals surface area contributed by atoms with Gasteiger partial charge in [-0.15, -0.1) is 0 Å². The molecule has 4 nitrogen and oxygen atoms in total. The Bertz CT molecular complexity index is 528. The lowest BCUT2D eigenvalue weighted by Gasteiger charge is -2.15. The number of pyridine rings is 1. The van der Waals surface area contributed by atoms with Crippen LogP contribution in [0.5, 0.6) is 5.75 Å². The first-order valence-electron chi connectivity index (χ1n) is 5.93. The second-order valence-corrected chi connectivity index (χ2v) is 4.25. The molecular weight excluding hydrogens is 228 g/mol. The smallest absolute Gasteiger partial charge is 0.134 e. The van der Waals surface area contributed by atoms with E-state index in [1.807, 2.05) is 24.3 Å². The lowest BCUT2D eigenvalue weighted by molar-refractivity contribution is 0.190. The van der Waals surface area contributed by atoms with E-state index in [4.69, 9.17) is 9.47 Å². The molecule has 0 fully saturated rings. The number of benzene rings is 1.